The van der Waals surface area contributed by atoms with E-state index in [0.717, 1.165) is 0 Å². The van der Waals surface area contributed by atoms with Gasteiger partial charge in [-0.3, -0.25) is 9.52 Å². The number of rotatable bonds is 6. The number of hydrogen-bond donors (Lipinski definition) is 2. The second-order valence-electron chi connectivity index (χ2n) is 4.14. The number of hydrogen-bond acceptors (Lipinski definition) is 5. The van der Waals surface area contributed by atoms with Gasteiger partial charge in [0.15, 0.2) is 0 Å². The molecule has 0 amide bonds. The monoisotopic (exact) mass is 311 g/mol. The molecule has 0 aromatic heterocycles. The first-order chi connectivity index (χ1) is 9.96. The number of nitrogens with one attached hydrogen (secondary N) is 1. The number of sulfonamides is 1. The highest BCUT2D eigenvalue weighted by molar-refractivity contribution is 7.92. The van der Waals surface area contributed by atoms with Gasteiger partial charge in [0.25, 0.3) is 0 Å². The van der Waals surface area contributed by atoms with Crippen molar-refractivity contribution in [1.29, 1.82) is 0 Å². The molecule has 0 saturated heterocycles. The Hall–Kier alpha value is -2.04. The maximum absolute atomic E-state index is 11.8. The summed E-state index contributed by atoms with van der Waals surface area (Å²) in [4.78, 5) is 10.9. The molecule has 114 valence electrons. The molecule has 0 radical (unpaired) electrons. The van der Waals surface area contributed by atoms with Gasteiger partial charge >= 0.3 is 5.97 Å². The van der Waals surface area contributed by atoms with Crippen molar-refractivity contribution in [2.45, 2.75) is 12.8 Å². The molecule has 21 heavy (non-hydrogen) atoms. The van der Waals surface area contributed by atoms with Crippen LogP contribution in [-0.4, -0.2) is 39.0 Å². The fourth-order valence-corrected chi connectivity index (χ4v) is 2.62. The van der Waals surface area contributed by atoms with Crippen molar-refractivity contribution >= 4 is 21.7 Å². The van der Waals surface area contributed by atoms with E-state index in [1.54, 1.807) is 24.3 Å². The molecule has 0 saturated carbocycles. The highest BCUT2D eigenvalue weighted by atomic mass is 32.2. The second-order valence-corrected chi connectivity index (χ2v) is 5.98. The molecule has 0 aliphatic heterocycles. The zero-order valence-electron chi connectivity index (χ0n) is 11.6. The van der Waals surface area contributed by atoms with Crippen LogP contribution in [0.25, 0.3) is 0 Å². The fraction of sp³-hybridized carbons (Fsp3) is 0.357. The third kappa shape index (κ3) is 6.79. The molecule has 2 N–H and O–H groups in total. The number of anilines is 1. The molecule has 0 heterocycles. The Morgan fingerprint density at radius 1 is 1.33 bits per heavy atom. The number of carbonyl (C=O) groups is 1. The Morgan fingerprint density at radius 3 is 2.57 bits per heavy atom. The van der Waals surface area contributed by atoms with Crippen molar-refractivity contribution in [2.24, 2.45) is 0 Å². The Balaban J connectivity index is 2.56. The van der Waals surface area contributed by atoms with Gasteiger partial charge in [0.2, 0.25) is 10.0 Å². The Bertz CT molecular complexity index is 626. The van der Waals surface area contributed by atoms with Crippen LogP contribution in [0.1, 0.15) is 18.4 Å². The van der Waals surface area contributed by atoms with Crippen LogP contribution in [0, 0.1) is 11.8 Å². The smallest absolute Gasteiger partial charge is 0.305 e. The van der Waals surface area contributed by atoms with Crippen LogP contribution in [-0.2, 0) is 19.6 Å². The fourth-order valence-electron chi connectivity index (χ4n) is 1.50. The van der Waals surface area contributed by atoms with Gasteiger partial charge < -0.3 is 9.84 Å². The molecule has 7 heteroatoms. The lowest BCUT2D eigenvalue weighted by atomic mass is 10.2. The molecule has 0 aliphatic rings. The third-order valence-electron chi connectivity index (χ3n) is 2.49. The van der Waals surface area contributed by atoms with Crippen molar-refractivity contribution < 1.29 is 23.1 Å². The lowest BCUT2D eigenvalue weighted by molar-refractivity contribution is -0.140. The topological polar surface area (TPSA) is 92.7 Å². The van der Waals surface area contributed by atoms with E-state index in [0.29, 0.717) is 11.3 Å². The summed E-state index contributed by atoms with van der Waals surface area (Å²) < 4.78 is 30.5. The molecule has 1 aromatic carbocycles. The molecule has 6 nitrogen and oxygen atoms in total. The lowest BCUT2D eigenvalue weighted by Crippen LogP contribution is -2.17. The SMILES string of the molecule is COC(=O)CCCS(=O)(=O)Nc1ccc(C#CCO)cc1. The van der Waals surface area contributed by atoms with Crippen LogP contribution in [0.4, 0.5) is 5.69 Å². The predicted molar refractivity (Wildman–Crippen MR) is 79.1 cm³/mol. The van der Waals surface area contributed by atoms with E-state index in [4.69, 9.17) is 5.11 Å². The lowest BCUT2D eigenvalue weighted by Gasteiger charge is -2.07. The van der Waals surface area contributed by atoms with Crippen LogP contribution in [0.15, 0.2) is 24.3 Å². The van der Waals surface area contributed by atoms with E-state index < -0.39 is 16.0 Å². The average Bonchev–Trinajstić information content (AvgIpc) is 2.45. The van der Waals surface area contributed by atoms with Crippen LogP contribution in [0.5, 0.6) is 0 Å². The first-order valence-corrected chi connectivity index (χ1v) is 7.89. The van der Waals surface area contributed by atoms with E-state index in [2.05, 4.69) is 21.3 Å². The predicted octanol–water partition coefficient (Wildman–Crippen LogP) is 0.725. The van der Waals surface area contributed by atoms with Crippen molar-refractivity contribution in [3.63, 3.8) is 0 Å². The number of esters is 1. The van der Waals surface area contributed by atoms with E-state index in [1.165, 1.54) is 7.11 Å². The van der Waals surface area contributed by atoms with Crippen LogP contribution in [0.3, 0.4) is 0 Å². The minimum atomic E-state index is -3.50. The van der Waals surface area contributed by atoms with E-state index >= 15 is 0 Å². The highest BCUT2D eigenvalue weighted by Gasteiger charge is 2.11. The quantitative estimate of drug-likeness (QED) is 0.597. The first kappa shape index (κ1) is 17.0. The van der Waals surface area contributed by atoms with Crippen LogP contribution >= 0.6 is 0 Å². The van der Waals surface area contributed by atoms with Gasteiger partial charge in [0, 0.05) is 17.7 Å². The maximum atomic E-state index is 11.8. The van der Waals surface area contributed by atoms with Crippen LogP contribution in [0.2, 0.25) is 0 Å². The molecule has 0 atom stereocenters. The van der Waals surface area contributed by atoms with Gasteiger partial charge in [-0.05, 0) is 30.7 Å². The number of ether oxygens (including phenoxy) is 1. The molecule has 0 bridgehead atoms. The van der Waals surface area contributed by atoms with Crippen molar-refractivity contribution in [1.82, 2.24) is 0 Å². The van der Waals surface area contributed by atoms with Crippen molar-refractivity contribution in [2.75, 3.05) is 24.2 Å². The maximum Gasteiger partial charge on any atom is 0.305 e. The normalized spacial score (nSPS) is 10.4. The Kier molecular flexibility index (Phi) is 6.72. The van der Waals surface area contributed by atoms with Gasteiger partial charge in [-0.15, -0.1) is 0 Å². The van der Waals surface area contributed by atoms with Gasteiger partial charge in [0.05, 0.1) is 12.9 Å². The number of carbonyl (C=O) groups excluding carboxylic acids is 1. The summed E-state index contributed by atoms with van der Waals surface area (Å²) >= 11 is 0. The standard InChI is InChI=1S/C14H17NO5S/c1-20-14(17)5-3-11-21(18,19)15-13-8-6-12(7-9-13)4-2-10-16/h6-9,15-16H,3,5,10-11H2,1H3. The molecule has 0 fully saturated rings. The van der Waals surface area contributed by atoms with Gasteiger partial charge in [0.1, 0.15) is 6.61 Å². The third-order valence-corrected chi connectivity index (χ3v) is 3.86. The van der Waals surface area contributed by atoms with E-state index in [-0.39, 0.29) is 25.2 Å². The van der Waals surface area contributed by atoms with Gasteiger partial charge in [-0.25, -0.2) is 8.42 Å². The molecular weight excluding hydrogens is 294 g/mol. The number of aliphatic hydroxyl groups excluding tert-OH is 1. The Morgan fingerprint density at radius 2 is 2.00 bits per heavy atom. The summed E-state index contributed by atoms with van der Waals surface area (Å²) in [5, 5.41) is 8.58. The zero-order valence-corrected chi connectivity index (χ0v) is 12.4. The highest BCUT2D eigenvalue weighted by Crippen LogP contribution is 2.11. The summed E-state index contributed by atoms with van der Waals surface area (Å²) in [6, 6.07) is 6.46. The van der Waals surface area contributed by atoms with E-state index in [9.17, 15) is 13.2 Å². The summed E-state index contributed by atoms with van der Waals surface area (Å²) in [7, 11) is -2.24. The zero-order chi connectivity index (χ0) is 15.7. The summed E-state index contributed by atoms with van der Waals surface area (Å²) in [5.74, 6) is 4.62. The number of aliphatic hydroxyl groups is 1. The largest absolute Gasteiger partial charge is 0.469 e. The van der Waals surface area contributed by atoms with Crippen LogP contribution < -0.4 is 4.72 Å². The summed E-state index contributed by atoms with van der Waals surface area (Å²) in [5.41, 5.74) is 1.10. The molecular formula is C14H17NO5S. The molecule has 1 aromatic rings. The van der Waals surface area contributed by atoms with Gasteiger partial charge in [-0.1, -0.05) is 11.8 Å². The minimum absolute atomic E-state index is 0.0626. The second kappa shape index (κ2) is 8.29. The molecule has 1 rings (SSSR count). The average molecular weight is 311 g/mol. The number of methoxy groups -OCH3 is 1. The summed E-state index contributed by atoms with van der Waals surface area (Å²) in [6.07, 6.45) is 0.259. The number of benzene rings is 1. The van der Waals surface area contributed by atoms with Crippen molar-refractivity contribution in [3.05, 3.63) is 29.8 Å². The minimum Gasteiger partial charge on any atom is -0.469 e. The summed E-state index contributed by atoms with van der Waals surface area (Å²) in [6.45, 7) is -0.228. The molecule has 0 unspecified atom stereocenters. The Labute approximate surface area is 124 Å². The van der Waals surface area contributed by atoms with Gasteiger partial charge in [-0.2, -0.15) is 0 Å². The van der Waals surface area contributed by atoms with Crippen molar-refractivity contribution in [3.8, 4) is 11.8 Å². The molecule has 0 aliphatic carbocycles. The van der Waals surface area contributed by atoms with E-state index in [1.807, 2.05) is 0 Å². The molecule has 0 spiro atoms. The first-order valence-electron chi connectivity index (χ1n) is 6.24.